The smallest absolute Gasteiger partial charge is 0.108 e. The summed E-state index contributed by atoms with van der Waals surface area (Å²) >= 11 is 4.18. The first-order chi connectivity index (χ1) is 7.87. The van der Waals surface area contributed by atoms with Crippen molar-refractivity contribution in [1.82, 2.24) is 0 Å². The van der Waals surface area contributed by atoms with E-state index in [1.807, 2.05) is 0 Å². The third-order valence-corrected chi connectivity index (χ3v) is 6.73. The molecule has 0 bridgehead atoms. The van der Waals surface area contributed by atoms with Crippen molar-refractivity contribution in [1.29, 1.82) is 0 Å². The molecule has 2 aliphatic rings. The Balaban J connectivity index is 2.02. The van der Waals surface area contributed by atoms with Gasteiger partial charge in [0.1, 0.15) is 6.61 Å². The Hall–Kier alpha value is 0.220. The van der Waals surface area contributed by atoms with Crippen LogP contribution >= 0.6 is 23.5 Å². The van der Waals surface area contributed by atoms with Gasteiger partial charge in [0.2, 0.25) is 0 Å². The zero-order valence-electron chi connectivity index (χ0n) is 9.74. The zero-order valence-corrected chi connectivity index (χ0v) is 11.4. The molecule has 2 rings (SSSR count). The molecule has 16 heavy (non-hydrogen) atoms. The van der Waals surface area contributed by atoms with E-state index in [1.165, 1.54) is 50.0 Å². The van der Waals surface area contributed by atoms with Gasteiger partial charge < -0.3 is 4.74 Å². The van der Waals surface area contributed by atoms with Crippen molar-refractivity contribution in [2.24, 2.45) is 0 Å². The van der Waals surface area contributed by atoms with Crippen LogP contribution in [-0.2, 0) is 4.74 Å². The molecule has 1 saturated carbocycles. The minimum Gasteiger partial charge on any atom is -0.360 e. The van der Waals surface area contributed by atoms with Crippen LogP contribution in [0.3, 0.4) is 0 Å². The van der Waals surface area contributed by atoms with E-state index in [0.717, 1.165) is 0 Å². The predicted octanol–water partition coefficient (Wildman–Crippen LogP) is 3.54. The van der Waals surface area contributed by atoms with E-state index in [4.69, 9.17) is 11.2 Å². The first kappa shape index (κ1) is 12.7. The highest BCUT2D eigenvalue weighted by molar-refractivity contribution is 8.17. The zero-order chi connectivity index (χ0) is 11.3. The molecule has 0 spiro atoms. The number of ether oxygens (including phenoxy) is 1. The fraction of sp³-hybridized carbons (Fsp3) is 0.846. The van der Waals surface area contributed by atoms with E-state index in [0.29, 0.717) is 11.2 Å². The third kappa shape index (κ3) is 2.91. The lowest BCUT2D eigenvalue weighted by Crippen LogP contribution is -2.44. The summed E-state index contributed by atoms with van der Waals surface area (Å²) in [6, 6.07) is 0. The van der Waals surface area contributed by atoms with Crippen molar-refractivity contribution in [2.75, 3.05) is 18.1 Å². The maximum Gasteiger partial charge on any atom is 0.108 e. The summed E-state index contributed by atoms with van der Waals surface area (Å²) in [5, 5.41) is 0. The van der Waals surface area contributed by atoms with Gasteiger partial charge in [-0.2, -0.15) is 0 Å². The molecule has 0 aromatic rings. The van der Waals surface area contributed by atoms with E-state index in [9.17, 15) is 0 Å². The molecule has 0 unspecified atom stereocenters. The number of terminal acetylenes is 1. The van der Waals surface area contributed by atoms with E-state index < -0.39 is 0 Å². The van der Waals surface area contributed by atoms with Gasteiger partial charge in [0.15, 0.2) is 0 Å². The molecule has 90 valence electrons. The van der Waals surface area contributed by atoms with Crippen LogP contribution in [0.5, 0.6) is 0 Å². The fourth-order valence-electron chi connectivity index (χ4n) is 2.58. The average molecular weight is 256 g/mol. The Morgan fingerprint density at radius 1 is 1.12 bits per heavy atom. The minimum atomic E-state index is 0.0837. The van der Waals surface area contributed by atoms with Crippen LogP contribution in [0.25, 0.3) is 0 Å². The van der Waals surface area contributed by atoms with Crippen LogP contribution in [0.1, 0.15) is 38.5 Å². The SMILES string of the molecule is C#CCOC1(C2SCCCS2)CCCCC1. The van der Waals surface area contributed by atoms with Gasteiger partial charge in [-0.3, -0.25) is 0 Å². The Kier molecular flexibility index (Phi) is 4.94. The topological polar surface area (TPSA) is 9.23 Å². The van der Waals surface area contributed by atoms with Crippen LogP contribution in [0.15, 0.2) is 0 Å². The Morgan fingerprint density at radius 3 is 2.44 bits per heavy atom. The molecular weight excluding hydrogens is 236 g/mol. The normalized spacial score (nSPS) is 26.2. The maximum atomic E-state index is 6.08. The second-order valence-electron chi connectivity index (χ2n) is 4.55. The summed E-state index contributed by atoms with van der Waals surface area (Å²) in [7, 11) is 0. The highest BCUT2D eigenvalue weighted by atomic mass is 32.2. The van der Waals surface area contributed by atoms with E-state index >= 15 is 0 Å². The summed E-state index contributed by atoms with van der Waals surface area (Å²) in [5.74, 6) is 5.22. The van der Waals surface area contributed by atoms with E-state index in [1.54, 1.807) is 0 Å². The van der Waals surface area contributed by atoms with E-state index in [-0.39, 0.29) is 5.60 Å². The van der Waals surface area contributed by atoms with Gasteiger partial charge in [0, 0.05) is 0 Å². The minimum absolute atomic E-state index is 0.0837. The van der Waals surface area contributed by atoms with Gasteiger partial charge >= 0.3 is 0 Å². The lowest BCUT2D eigenvalue weighted by atomic mass is 9.86. The van der Waals surface area contributed by atoms with Crippen molar-refractivity contribution in [2.45, 2.75) is 48.7 Å². The van der Waals surface area contributed by atoms with Crippen molar-refractivity contribution >= 4 is 23.5 Å². The van der Waals surface area contributed by atoms with Gasteiger partial charge in [-0.05, 0) is 30.8 Å². The second-order valence-corrected chi connectivity index (χ2v) is 7.27. The number of rotatable bonds is 3. The summed E-state index contributed by atoms with van der Waals surface area (Å²) in [4.78, 5) is 0. The van der Waals surface area contributed by atoms with Gasteiger partial charge in [0.05, 0.1) is 10.2 Å². The molecular formula is C13H20OS2. The predicted molar refractivity (Wildman–Crippen MR) is 73.9 cm³/mol. The van der Waals surface area contributed by atoms with Crippen LogP contribution in [-0.4, -0.2) is 28.3 Å². The average Bonchev–Trinajstić information content (AvgIpc) is 2.38. The van der Waals surface area contributed by atoms with Crippen molar-refractivity contribution in [3.8, 4) is 12.3 Å². The highest BCUT2D eigenvalue weighted by Gasteiger charge is 2.42. The van der Waals surface area contributed by atoms with Crippen molar-refractivity contribution in [3.05, 3.63) is 0 Å². The van der Waals surface area contributed by atoms with Crippen LogP contribution < -0.4 is 0 Å². The Bertz CT molecular complexity index is 247. The molecule has 0 atom stereocenters. The lowest BCUT2D eigenvalue weighted by Gasteiger charge is -2.43. The molecule has 1 aliphatic heterocycles. The summed E-state index contributed by atoms with van der Waals surface area (Å²) in [6.07, 6.45) is 13.1. The largest absolute Gasteiger partial charge is 0.360 e. The fourth-order valence-corrected chi connectivity index (χ4v) is 5.99. The molecule has 1 aliphatic carbocycles. The quantitative estimate of drug-likeness (QED) is 0.715. The Morgan fingerprint density at radius 2 is 1.81 bits per heavy atom. The van der Waals surface area contributed by atoms with Gasteiger partial charge in [-0.25, -0.2) is 0 Å². The van der Waals surface area contributed by atoms with Crippen LogP contribution in [0.4, 0.5) is 0 Å². The van der Waals surface area contributed by atoms with Gasteiger partial charge in [-0.15, -0.1) is 29.9 Å². The van der Waals surface area contributed by atoms with E-state index in [2.05, 4.69) is 29.4 Å². The molecule has 0 amide bonds. The standard InChI is InChI=1S/C13H20OS2/c1-2-9-14-13(7-4-3-5-8-13)12-15-10-6-11-16-12/h1,12H,3-11H2. The first-order valence-corrected chi connectivity index (χ1v) is 8.28. The molecule has 0 N–H and O–H groups in total. The van der Waals surface area contributed by atoms with Crippen LogP contribution in [0.2, 0.25) is 0 Å². The van der Waals surface area contributed by atoms with Crippen molar-refractivity contribution in [3.63, 3.8) is 0 Å². The highest BCUT2D eigenvalue weighted by Crippen LogP contribution is 2.46. The molecule has 0 aromatic carbocycles. The molecule has 2 fully saturated rings. The number of hydrogen-bond donors (Lipinski definition) is 0. The summed E-state index contributed by atoms with van der Waals surface area (Å²) in [5.41, 5.74) is 0.0837. The molecule has 1 nitrogen and oxygen atoms in total. The van der Waals surface area contributed by atoms with Gasteiger partial charge in [-0.1, -0.05) is 25.2 Å². The Labute approximate surface area is 107 Å². The monoisotopic (exact) mass is 256 g/mol. The number of hydrogen-bond acceptors (Lipinski definition) is 3. The van der Waals surface area contributed by atoms with Crippen LogP contribution in [0, 0.1) is 12.3 Å². The molecule has 0 aromatic heterocycles. The van der Waals surface area contributed by atoms with Crippen molar-refractivity contribution < 1.29 is 4.74 Å². The summed E-state index contributed by atoms with van der Waals surface area (Å²) in [6.45, 7) is 0.484. The number of thioether (sulfide) groups is 2. The second kappa shape index (κ2) is 6.23. The maximum absolute atomic E-state index is 6.08. The first-order valence-electron chi connectivity index (χ1n) is 6.18. The third-order valence-electron chi connectivity index (χ3n) is 3.40. The summed E-state index contributed by atoms with van der Waals surface area (Å²) < 4.78 is 6.70. The lowest BCUT2D eigenvalue weighted by molar-refractivity contribution is -0.0421. The molecule has 1 heterocycles. The molecule has 0 radical (unpaired) electrons. The molecule has 1 saturated heterocycles. The van der Waals surface area contributed by atoms with Gasteiger partial charge in [0.25, 0.3) is 0 Å². The molecule has 3 heteroatoms.